The summed E-state index contributed by atoms with van der Waals surface area (Å²) in [6.07, 6.45) is 9.52. The van der Waals surface area contributed by atoms with Gasteiger partial charge in [-0.3, -0.25) is 9.59 Å². The van der Waals surface area contributed by atoms with E-state index in [2.05, 4.69) is 5.32 Å². The number of nitrogens with zero attached hydrogens (tertiary/aromatic N) is 1. The summed E-state index contributed by atoms with van der Waals surface area (Å²) >= 11 is 0. The Balaban J connectivity index is 1.96. The largest absolute Gasteiger partial charge is 0.348 e. The van der Waals surface area contributed by atoms with Crippen molar-refractivity contribution >= 4 is 17.5 Å². The molecule has 22 heavy (non-hydrogen) atoms. The molecule has 1 N–H and O–H groups in total. The van der Waals surface area contributed by atoms with Crippen LogP contribution >= 0.6 is 0 Å². The molecule has 1 aliphatic heterocycles. The van der Waals surface area contributed by atoms with E-state index in [0.29, 0.717) is 13.0 Å². The first-order valence-corrected chi connectivity index (χ1v) is 7.67. The molecule has 0 unspecified atom stereocenters. The molecule has 2 amide bonds. The molecule has 0 atom stereocenters. The van der Waals surface area contributed by atoms with Gasteiger partial charge < -0.3 is 10.2 Å². The van der Waals surface area contributed by atoms with Gasteiger partial charge in [-0.2, -0.15) is 0 Å². The van der Waals surface area contributed by atoms with Crippen molar-refractivity contribution in [3.63, 3.8) is 0 Å². The van der Waals surface area contributed by atoms with Gasteiger partial charge in [0, 0.05) is 31.3 Å². The number of allylic oxidation sites excluding steroid dienone is 3. The van der Waals surface area contributed by atoms with Gasteiger partial charge in [0.2, 0.25) is 11.8 Å². The quantitative estimate of drug-likeness (QED) is 0.671. The summed E-state index contributed by atoms with van der Waals surface area (Å²) < 4.78 is 0. The van der Waals surface area contributed by atoms with E-state index in [0.717, 1.165) is 30.6 Å². The summed E-state index contributed by atoms with van der Waals surface area (Å²) in [5.74, 6) is 0.0549. The number of carbonyl (C=O) groups excluding carboxylic acids is 2. The zero-order valence-corrected chi connectivity index (χ0v) is 12.9. The van der Waals surface area contributed by atoms with Crippen LogP contribution in [0.3, 0.4) is 0 Å². The van der Waals surface area contributed by atoms with Crippen molar-refractivity contribution in [3.8, 4) is 0 Å². The molecule has 1 saturated heterocycles. The first-order chi connectivity index (χ1) is 10.7. The predicted molar refractivity (Wildman–Crippen MR) is 88.4 cm³/mol. The number of hydrogen-bond donors (Lipinski definition) is 1. The average Bonchev–Trinajstić information content (AvgIpc) is 2.54. The van der Waals surface area contributed by atoms with E-state index in [4.69, 9.17) is 0 Å². The smallest absolute Gasteiger partial charge is 0.244 e. The summed E-state index contributed by atoms with van der Waals surface area (Å²) in [5.41, 5.74) is 1.91. The van der Waals surface area contributed by atoms with Crippen LogP contribution < -0.4 is 10.2 Å². The van der Waals surface area contributed by atoms with Gasteiger partial charge in [0.1, 0.15) is 0 Å². The van der Waals surface area contributed by atoms with Crippen LogP contribution in [0.15, 0.2) is 48.6 Å². The Morgan fingerprint density at radius 1 is 1.32 bits per heavy atom. The maximum atomic E-state index is 12.0. The predicted octanol–water partition coefficient (Wildman–Crippen LogP) is 2.95. The lowest BCUT2D eigenvalue weighted by molar-refractivity contribution is -0.119. The highest BCUT2D eigenvalue weighted by molar-refractivity contribution is 5.94. The molecule has 0 saturated carbocycles. The van der Waals surface area contributed by atoms with Crippen LogP contribution in [0.25, 0.3) is 0 Å². The molecule has 2 rings (SSSR count). The number of benzene rings is 1. The molecule has 0 aliphatic carbocycles. The van der Waals surface area contributed by atoms with E-state index < -0.39 is 0 Å². The number of hydrogen-bond acceptors (Lipinski definition) is 2. The zero-order chi connectivity index (χ0) is 15.8. The topological polar surface area (TPSA) is 49.4 Å². The van der Waals surface area contributed by atoms with Crippen LogP contribution in [0.5, 0.6) is 0 Å². The Morgan fingerprint density at radius 3 is 2.95 bits per heavy atom. The molecule has 0 radical (unpaired) electrons. The van der Waals surface area contributed by atoms with Gasteiger partial charge in [-0.25, -0.2) is 0 Å². The Hall–Kier alpha value is -2.36. The Bertz CT molecular complexity index is 591. The molecule has 1 aromatic carbocycles. The number of piperidine rings is 1. The normalized spacial score (nSPS) is 15.7. The maximum Gasteiger partial charge on any atom is 0.244 e. The van der Waals surface area contributed by atoms with E-state index in [1.165, 1.54) is 6.08 Å². The van der Waals surface area contributed by atoms with Gasteiger partial charge in [0.25, 0.3) is 0 Å². The third-order valence-electron chi connectivity index (χ3n) is 3.56. The molecule has 1 fully saturated rings. The van der Waals surface area contributed by atoms with E-state index >= 15 is 0 Å². The molecule has 0 bridgehead atoms. The van der Waals surface area contributed by atoms with Crippen LogP contribution in [-0.2, 0) is 16.1 Å². The Morgan fingerprint density at radius 2 is 2.18 bits per heavy atom. The molecule has 1 aliphatic rings. The van der Waals surface area contributed by atoms with Crippen LogP contribution in [0, 0.1) is 0 Å². The fraction of sp³-hybridized carbons (Fsp3) is 0.333. The lowest BCUT2D eigenvalue weighted by atomic mass is 10.1. The first-order valence-electron chi connectivity index (χ1n) is 7.67. The fourth-order valence-electron chi connectivity index (χ4n) is 2.42. The van der Waals surface area contributed by atoms with Gasteiger partial charge in [-0.05, 0) is 37.5 Å². The third kappa shape index (κ3) is 4.58. The second kappa shape index (κ2) is 8.17. The summed E-state index contributed by atoms with van der Waals surface area (Å²) in [6.45, 7) is 3.13. The van der Waals surface area contributed by atoms with E-state index in [-0.39, 0.29) is 11.8 Å². The van der Waals surface area contributed by atoms with Gasteiger partial charge >= 0.3 is 0 Å². The second-order valence-corrected chi connectivity index (χ2v) is 5.28. The van der Waals surface area contributed by atoms with Crippen LogP contribution in [0.1, 0.15) is 31.7 Å². The second-order valence-electron chi connectivity index (χ2n) is 5.28. The van der Waals surface area contributed by atoms with Gasteiger partial charge in [0.05, 0.1) is 0 Å². The number of rotatable bonds is 5. The monoisotopic (exact) mass is 298 g/mol. The van der Waals surface area contributed by atoms with Crippen LogP contribution in [0.4, 0.5) is 5.69 Å². The van der Waals surface area contributed by atoms with Crippen LogP contribution in [0.2, 0.25) is 0 Å². The highest BCUT2D eigenvalue weighted by Crippen LogP contribution is 2.21. The fourth-order valence-corrected chi connectivity index (χ4v) is 2.42. The minimum absolute atomic E-state index is 0.127. The van der Waals surface area contributed by atoms with Crippen LogP contribution in [-0.4, -0.2) is 18.4 Å². The SMILES string of the molecule is C/C=C/C=C/C(=O)NCc1cccc(N2CCCCC2=O)c1. The number of anilines is 1. The van der Waals surface area contributed by atoms with Gasteiger partial charge in [-0.15, -0.1) is 0 Å². The molecule has 1 aromatic rings. The van der Waals surface area contributed by atoms with E-state index in [9.17, 15) is 9.59 Å². The van der Waals surface area contributed by atoms with Crippen molar-refractivity contribution in [2.75, 3.05) is 11.4 Å². The lowest BCUT2D eigenvalue weighted by Gasteiger charge is -2.27. The molecule has 4 nitrogen and oxygen atoms in total. The minimum Gasteiger partial charge on any atom is -0.348 e. The highest BCUT2D eigenvalue weighted by atomic mass is 16.2. The highest BCUT2D eigenvalue weighted by Gasteiger charge is 2.19. The number of nitrogens with one attached hydrogen (secondary N) is 1. The molecular formula is C18H22N2O2. The standard InChI is InChI=1S/C18H22N2O2/c1-2-3-4-10-17(21)19-14-15-8-7-9-16(13-15)20-12-6-5-11-18(20)22/h2-4,7-10,13H,5-6,11-12,14H2,1H3,(H,19,21)/b3-2+,10-4+. The van der Waals surface area contributed by atoms with Crippen molar-refractivity contribution in [1.29, 1.82) is 0 Å². The Labute approximate surface area is 131 Å². The van der Waals surface area contributed by atoms with Crippen molar-refractivity contribution in [2.45, 2.75) is 32.7 Å². The minimum atomic E-state index is -0.127. The lowest BCUT2D eigenvalue weighted by Crippen LogP contribution is -2.35. The molecule has 4 heteroatoms. The zero-order valence-electron chi connectivity index (χ0n) is 12.9. The summed E-state index contributed by atoms with van der Waals surface area (Å²) in [6, 6.07) is 7.79. The molecule has 1 heterocycles. The van der Waals surface area contributed by atoms with Crippen molar-refractivity contribution in [2.24, 2.45) is 0 Å². The average molecular weight is 298 g/mol. The molecular weight excluding hydrogens is 276 g/mol. The van der Waals surface area contributed by atoms with Crippen molar-refractivity contribution in [1.82, 2.24) is 5.32 Å². The van der Waals surface area contributed by atoms with Gasteiger partial charge in [-0.1, -0.05) is 30.4 Å². The maximum absolute atomic E-state index is 12.0. The Kier molecular flexibility index (Phi) is 5.95. The third-order valence-corrected chi connectivity index (χ3v) is 3.56. The van der Waals surface area contributed by atoms with Gasteiger partial charge in [0.15, 0.2) is 0 Å². The van der Waals surface area contributed by atoms with Crippen molar-refractivity contribution in [3.05, 3.63) is 54.1 Å². The number of amides is 2. The summed E-state index contributed by atoms with van der Waals surface area (Å²) in [7, 11) is 0. The molecule has 116 valence electrons. The summed E-state index contributed by atoms with van der Waals surface area (Å²) in [4.78, 5) is 25.4. The molecule has 0 spiro atoms. The first kappa shape index (κ1) is 16.0. The van der Waals surface area contributed by atoms with E-state index in [1.807, 2.05) is 48.2 Å². The van der Waals surface area contributed by atoms with E-state index in [1.54, 1.807) is 6.08 Å². The molecule has 0 aromatic heterocycles. The van der Waals surface area contributed by atoms with Crippen molar-refractivity contribution < 1.29 is 9.59 Å². The number of carbonyl (C=O) groups is 2. The summed E-state index contributed by atoms with van der Waals surface area (Å²) in [5, 5.41) is 2.84.